The van der Waals surface area contributed by atoms with E-state index in [-0.39, 0.29) is 17.9 Å². The molecule has 2 N–H and O–H groups in total. The number of nitrogen functional groups attached to an aromatic ring is 1. The first-order chi connectivity index (χ1) is 14.5. The molecule has 2 fully saturated rings. The maximum Gasteiger partial charge on any atom is 0.322 e. The van der Waals surface area contributed by atoms with E-state index in [0.29, 0.717) is 49.2 Å². The van der Waals surface area contributed by atoms with Crippen LogP contribution in [0.1, 0.15) is 25.7 Å². The van der Waals surface area contributed by atoms with Gasteiger partial charge in [0.05, 0.1) is 24.3 Å². The maximum atomic E-state index is 12.2. The first-order valence-corrected chi connectivity index (χ1v) is 11.0. The minimum Gasteiger partial charge on any atom is -0.460 e. The van der Waals surface area contributed by atoms with Crippen LogP contribution >= 0.6 is 11.3 Å². The number of anilines is 2. The van der Waals surface area contributed by atoms with Gasteiger partial charge in [0.15, 0.2) is 11.0 Å². The fraction of sp³-hybridized carbons (Fsp3) is 0.632. The third kappa shape index (κ3) is 4.78. The zero-order valence-electron chi connectivity index (χ0n) is 17.3. The number of hydrogen-bond acceptors (Lipinski definition) is 10. The summed E-state index contributed by atoms with van der Waals surface area (Å²) in [4.78, 5) is 34.5. The van der Waals surface area contributed by atoms with Gasteiger partial charge in [0, 0.05) is 33.1 Å². The number of nitrogens with two attached hydrogens (primary N) is 1. The smallest absolute Gasteiger partial charge is 0.322 e. The summed E-state index contributed by atoms with van der Waals surface area (Å²) < 4.78 is 11.6. The van der Waals surface area contributed by atoms with Crippen molar-refractivity contribution in [3.8, 4) is 16.7 Å². The number of thiazole rings is 1. The highest BCUT2D eigenvalue weighted by Gasteiger charge is 2.29. The van der Waals surface area contributed by atoms with Crippen molar-refractivity contribution in [3.05, 3.63) is 6.20 Å². The molecule has 0 aromatic carbocycles. The first kappa shape index (κ1) is 20.7. The molecule has 1 saturated heterocycles. The first-order valence-electron chi connectivity index (χ1n) is 10.2. The molecule has 0 spiro atoms. The number of carbonyl (C=O) groups is 1. The highest BCUT2D eigenvalue weighted by molar-refractivity contribution is 7.18. The largest absolute Gasteiger partial charge is 0.460 e. The molecule has 2 aromatic heterocycles. The molecule has 10 nitrogen and oxygen atoms in total. The van der Waals surface area contributed by atoms with Crippen molar-refractivity contribution in [2.75, 3.05) is 51.0 Å². The third-order valence-corrected chi connectivity index (χ3v) is 6.20. The van der Waals surface area contributed by atoms with E-state index in [2.05, 4.69) is 24.8 Å². The molecule has 0 bridgehead atoms. The number of carbonyl (C=O) groups excluding carboxylic acids is 1. The van der Waals surface area contributed by atoms with Gasteiger partial charge in [0.2, 0.25) is 11.9 Å². The van der Waals surface area contributed by atoms with Crippen LogP contribution in [-0.4, -0.2) is 77.2 Å². The summed E-state index contributed by atoms with van der Waals surface area (Å²) in [6, 6.07) is 0.302. The number of hydrogen-bond donors (Lipinski definition) is 1. The van der Waals surface area contributed by atoms with Gasteiger partial charge in [-0.2, -0.15) is 15.0 Å². The Kier molecular flexibility index (Phi) is 6.28. The minimum absolute atomic E-state index is 0.0180. The Labute approximate surface area is 179 Å². The monoisotopic (exact) mass is 433 g/mol. The van der Waals surface area contributed by atoms with Gasteiger partial charge in [-0.15, -0.1) is 0 Å². The Balaban J connectivity index is 1.51. The Hall–Kier alpha value is -2.53. The quantitative estimate of drug-likeness (QED) is 0.747. The standard InChI is InChI=1S/C19H27N7O3S/c1-25(2)16(27)12-3-5-13(6-4-12)29-19-23-15(14-11-21-17(20)30-14)22-18(24-19)26-7-9-28-10-8-26/h11-13H,3-10H2,1-2H3,(H2,20,21)/t12-,13-. The number of ether oxygens (including phenoxy) is 2. The second-order valence-electron chi connectivity index (χ2n) is 7.73. The Morgan fingerprint density at radius 1 is 1.20 bits per heavy atom. The molecule has 2 aromatic rings. The van der Waals surface area contributed by atoms with Crippen LogP contribution in [0.2, 0.25) is 0 Å². The van der Waals surface area contributed by atoms with E-state index in [0.717, 1.165) is 30.6 Å². The lowest BCUT2D eigenvalue weighted by molar-refractivity contribution is -0.134. The fourth-order valence-corrected chi connectivity index (χ4v) is 4.37. The lowest BCUT2D eigenvalue weighted by Crippen LogP contribution is -2.37. The van der Waals surface area contributed by atoms with Crippen LogP contribution in [0, 0.1) is 5.92 Å². The van der Waals surface area contributed by atoms with Gasteiger partial charge in [0.1, 0.15) is 6.10 Å². The van der Waals surface area contributed by atoms with E-state index in [1.165, 1.54) is 11.3 Å². The minimum atomic E-state index is -0.0180. The van der Waals surface area contributed by atoms with Crippen molar-refractivity contribution < 1.29 is 14.3 Å². The van der Waals surface area contributed by atoms with Crippen LogP contribution in [0.4, 0.5) is 11.1 Å². The molecular weight excluding hydrogens is 406 g/mol. The third-order valence-electron chi connectivity index (χ3n) is 5.38. The molecule has 0 radical (unpaired) electrons. The second kappa shape index (κ2) is 9.09. The number of morpholine rings is 1. The molecule has 1 saturated carbocycles. The summed E-state index contributed by atoms with van der Waals surface area (Å²) in [6.07, 6.45) is 4.86. The van der Waals surface area contributed by atoms with Gasteiger partial charge in [0.25, 0.3) is 0 Å². The van der Waals surface area contributed by atoms with E-state index < -0.39 is 0 Å². The number of rotatable bonds is 5. The predicted molar refractivity (Wildman–Crippen MR) is 113 cm³/mol. The Morgan fingerprint density at radius 2 is 1.93 bits per heavy atom. The van der Waals surface area contributed by atoms with Gasteiger partial charge in [-0.25, -0.2) is 4.98 Å². The van der Waals surface area contributed by atoms with Gasteiger partial charge in [-0.1, -0.05) is 11.3 Å². The van der Waals surface area contributed by atoms with Crippen LogP contribution in [0.3, 0.4) is 0 Å². The molecule has 3 heterocycles. The summed E-state index contributed by atoms with van der Waals surface area (Å²) in [5, 5.41) is 0.463. The van der Waals surface area contributed by atoms with Gasteiger partial charge >= 0.3 is 6.01 Å². The van der Waals surface area contributed by atoms with E-state index in [1.54, 1.807) is 25.2 Å². The Bertz CT molecular complexity index is 877. The normalized spacial score (nSPS) is 22.0. The molecule has 1 aliphatic carbocycles. The molecule has 1 amide bonds. The number of nitrogens with zero attached hydrogens (tertiary/aromatic N) is 6. The van der Waals surface area contributed by atoms with E-state index in [9.17, 15) is 4.79 Å². The van der Waals surface area contributed by atoms with Crippen molar-refractivity contribution in [3.63, 3.8) is 0 Å². The molecule has 2 aliphatic rings. The fourth-order valence-electron chi connectivity index (χ4n) is 3.75. The zero-order chi connectivity index (χ0) is 21.1. The molecule has 4 rings (SSSR count). The summed E-state index contributed by atoms with van der Waals surface area (Å²) in [6.45, 7) is 2.69. The summed E-state index contributed by atoms with van der Waals surface area (Å²) in [5.41, 5.74) is 5.79. The van der Waals surface area contributed by atoms with Crippen molar-refractivity contribution in [2.24, 2.45) is 5.92 Å². The summed E-state index contributed by atoms with van der Waals surface area (Å²) >= 11 is 1.33. The SMILES string of the molecule is CN(C)C(=O)[C@H]1CC[C@H](Oc2nc(-c3cnc(N)s3)nc(N3CCOCC3)n2)CC1. The molecule has 162 valence electrons. The average Bonchev–Trinajstić information content (AvgIpc) is 3.20. The van der Waals surface area contributed by atoms with Crippen molar-refractivity contribution in [1.29, 1.82) is 0 Å². The van der Waals surface area contributed by atoms with Crippen molar-refractivity contribution >= 4 is 28.3 Å². The topological polar surface area (TPSA) is 120 Å². The van der Waals surface area contributed by atoms with Gasteiger partial charge in [-0.3, -0.25) is 4.79 Å². The maximum absolute atomic E-state index is 12.2. The van der Waals surface area contributed by atoms with Crippen LogP contribution in [-0.2, 0) is 9.53 Å². The second-order valence-corrected chi connectivity index (χ2v) is 8.79. The molecule has 0 atom stereocenters. The van der Waals surface area contributed by atoms with Gasteiger partial charge < -0.3 is 25.0 Å². The molecule has 0 unspecified atom stereocenters. The van der Waals surface area contributed by atoms with Crippen molar-refractivity contribution in [1.82, 2.24) is 24.8 Å². The molecule has 1 aliphatic heterocycles. The van der Waals surface area contributed by atoms with E-state index in [4.69, 9.17) is 15.2 Å². The zero-order valence-corrected chi connectivity index (χ0v) is 18.1. The van der Waals surface area contributed by atoms with Crippen LogP contribution in [0.15, 0.2) is 6.20 Å². The van der Waals surface area contributed by atoms with Crippen molar-refractivity contribution in [2.45, 2.75) is 31.8 Å². The molecular formula is C19H27N7O3S. The van der Waals surface area contributed by atoms with Gasteiger partial charge in [-0.05, 0) is 25.7 Å². The molecule has 11 heteroatoms. The van der Waals surface area contributed by atoms with E-state index in [1.807, 2.05) is 0 Å². The number of amides is 1. The van der Waals surface area contributed by atoms with Crippen LogP contribution in [0.25, 0.3) is 10.7 Å². The highest BCUT2D eigenvalue weighted by Crippen LogP contribution is 2.30. The van der Waals surface area contributed by atoms with E-state index >= 15 is 0 Å². The lowest BCUT2D eigenvalue weighted by Gasteiger charge is -2.30. The lowest BCUT2D eigenvalue weighted by atomic mass is 9.86. The Morgan fingerprint density at radius 3 is 2.57 bits per heavy atom. The van der Waals surface area contributed by atoms with Crippen LogP contribution < -0.4 is 15.4 Å². The average molecular weight is 434 g/mol. The summed E-state index contributed by atoms with van der Waals surface area (Å²) in [5.74, 6) is 1.33. The number of aromatic nitrogens is 4. The molecule has 30 heavy (non-hydrogen) atoms. The highest BCUT2D eigenvalue weighted by atomic mass is 32.1. The van der Waals surface area contributed by atoms with Crippen LogP contribution in [0.5, 0.6) is 6.01 Å². The predicted octanol–water partition coefficient (Wildman–Crippen LogP) is 1.44. The summed E-state index contributed by atoms with van der Waals surface area (Å²) in [7, 11) is 3.60.